The van der Waals surface area contributed by atoms with Crippen LogP contribution in [0, 0.1) is 13.8 Å². The molecule has 154 valence electrons. The molecule has 1 saturated heterocycles. The van der Waals surface area contributed by atoms with Crippen molar-refractivity contribution >= 4 is 22.6 Å². The summed E-state index contributed by atoms with van der Waals surface area (Å²) in [5, 5.41) is 0.743. The van der Waals surface area contributed by atoms with Gasteiger partial charge in [0.05, 0.1) is 17.6 Å². The molecule has 1 aromatic heterocycles. The fourth-order valence-electron chi connectivity index (χ4n) is 3.78. The van der Waals surface area contributed by atoms with Gasteiger partial charge >= 0.3 is 0 Å². The molecule has 1 fully saturated rings. The van der Waals surface area contributed by atoms with Crippen molar-refractivity contribution in [1.29, 1.82) is 0 Å². The second-order valence-corrected chi connectivity index (χ2v) is 8.44. The standard InChI is InChI=1S/C23H29ClN4O/c1-16-14-20-21(15-19(16)24)26-23(25-20)18-5-6-22(17(2)13-18)29-12-4-7-28-10-8-27(3)9-11-28/h5-6,13-15H,4,7-12H2,1-3H3,(H,25,26). The molecule has 3 aromatic rings. The topological polar surface area (TPSA) is 44.4 Å². The predicted molar refractivity (Wildman–Crippen MR) is 120 cm³/mol. The molecule has 2 aromatic carbocycles. The van der Waals surface area contributed by atoms with Crippen LogP contribution in [-0.4, -0.2) is 66.1 Å². The molecule has 0 unspecified atom stereocenters. The summed E-state index contributed by atoms with van der Waals surface area (Å²) in [6.45, 7) is 10.6. The van der Waals surface area contributed by atoms with Crippen molar-refractivity contribution in [2.75, 3.05) is 46.4 Å². The van der Waals surface area contributed by atoms with Gasteiger partial charge in [0.25, 0.3) is 0 Å². The molecule has 1 N–H and O–H groups in total. The van der Waals surface area contributed by atoms with E-state index in [9.17, 15) is 0 Å². The molecular weight excluding hydrogens is 384 g/mol. The number of hydrogen-bond acceptors (Lipinski definition) is 4. The molecule has 1 aliphatic heterocycles. The number of H-pyrrole nitrogens is 1. The van der Waals surface area contributed by atoms with E-state index >= 15 is 0 Å². The lowest BCUT2D eigenvalue weighted by atomic mass is 10.1. The highest BCUT2D eigenvalue weighted by molar-refractivity contribution is 6.32. The average molecular weight is 413 g/mol. The smallest absolute Gasteiger partial charge is 0.138 e. The fourth-order valence-corrected chi connectivity index (χ4v) is 3.93. The molecular formula is C23H29ClN4O. The summed E-state index contributed by atoms with van der Waals surface area (Å²) in [6.07, 6.45) is 1.05. The highest BCUT2D eigenvalue weighted by atomic mass is 35.5. The molecule has 0 atom stereocenters. The zero-order chi connectivity index (χ0) is 20.4. The first-order valence-electron chi connectivity index (χ1n) is 10.3. The van der Waals surface area contributed by atoms with Crippen molar-refractivity contribution in [3.8, 4) is 17.1 Å². The lowest BCUT2D eigenvalue weighted by Crippen LogP contribution is -2.44. The van der Waals surface area contributed by atoms with Crippen LogP contribution in [0.1, 0.15) is 17.5 Å². The normalized spacial score (nSPS) is 15.9. The molecule has 0 amide bonds. The summed E-state index contributed by atoms with van der Waals surface area (Å²) < 4.78 is 6.05. The number of aryl methyl sites for hydroxylation is 2. The van der Waals surface area contributed by atoms with Crippen LogP contribution in [0.5, 0.6) is 5.75 Å². The summed E-state index contributed by atoms with van der Waals surface area (Å²) in [4.78, 5) is 13.0. The number of nitrogens with one attached hydrogen (secondary N) is 1. The maximum Gasteiger partial charge on any atom is 0.138 e. The maximum atomic E-state index is 6.23. The molecule has 2 heterocycles. The van der Waals surface area contributed by atoms with Crippen molar-refractivity contribution in [2.24, 2.45) is 0 Å². The van der Waals surface area contributed by atoms with Gasteiger partial charge in [-0.2, -0.15) is 0 Å². The van der Waals surface area contributed by atoms with Gasteiger partial charge in [0.2, 0.25) is 0 Å². The largest absolute Gasteiger partial charge is 0.493 e. The molecule has 6 heteroatoms. The van der Waals surface area contributed by atoms with Crippen LogP contribution in [0.2, 0.25) is 5.02 Å². The van der Waals surface area contributed by atoms with Crippen LogP contribution in [-0.2, 0) is 0 Å². The molecule has 1 aliphatic rings. The first-order valence-corrected chi connectivity index (χ1v) is 10.7. The lowest BCUT2D eigenvalue weighted by Gasteiger charge is -2.32. The average Bonchev–Trinajstić information content (AvgIpc) is 3.10. The molecule has 0 radical (unpaired) electrons. The zero-order valence-electron chi connectivity index (χ0n) is 17.5. The monoisotopic (exact) mass is 412 g/mol. The number of likely N-dealkylation sites (N-methyl/N-ethyl adjacent to an activating group) is 1. The Labute approximate surface area is 177 Å². The minimum absolute atomic E-state index is 0.743. The summed E-state index contributed by atoms with van der Waals surface area (Å²) in [6, 6.07) is 10.2. The van der Waals surface area contributed by atoms with E-state index in [0.717, 1.165) is 90.1 Å². The summed E-state index contributed by atoms with van der Waals surface area (Å²) >= 11 is 6.23. The number of ether oxygens (including phenoxy) is 1. The van der Waals surface area contributed by atoms with E-state index in [1.165, 1.54) is 0 Å². The van der Waals surface area contributed by atoms with E-state index in [1.54, 1.807) is 0 Å². The third-order valence-corrected chi connectivity index (χ3v) is 6.09. The van der Waals surface area contributed by atoms with Crippen molar-refractivity contribution in [3.05, 3.63) is 46.5 Å². The van der Waals surface area contributed by atoms with Crippen LogP contribution in [0.3, 0.4) is 0 Å². The Morgan fingerprint density at radius 2 is 1.86 bits per heavy atom. The van der Waals surface area contributed by atoms with Crippen molar-refractivity contribution in [3.63, 3.8) is 0 Å². The van der Waals surface area contributed by atoms with E-state index in [4.69, 9.17) is 21.3 Å². The van der Waals surface area contributed by atoms with Gasteiger partial charge in [0, 0.05) is 43.3 Å². The van der Waals surface area contributed by atoms with Crippen LogP contribution >= 0.6 is 11.6 Å². The first kappa shape index (κ1) is 20.2. The Kier molecular flexibility index (Phi) is 6.09. The summed E-state index contributed by atoms with van der Waals surface area (Å²) in [5.41, 5.74) is 5.11. The number of aromatic nitrogens is 2. The van der Waals surface area contributed by atoms with Gasteiger partial charge in [-0.25, -0.2) is 4.98 Å². The fraction of sp³-hybridized carbons (Fsp3) is 0.435. The van der Waals surface area contributed by atoms with Gasteiger partial charge < -0.3 is 19.5 Å². The highest BCUT2D eigenvalue weighted by Gasteiger charge is 2.13. The van der Waals surface area contributed by atoms with E-state index in [2.05, 4.69) is 40.9 Å². The van der Waals surface area contributed by atoms with E-state index in [0.29, 0.717) is 0 Å². The highest BCUT2D eigenvalue weighted by Crippen LogP contribution is 2.28. The second-order valence-electron chi connectivity index (χ2n) is 8.03. The lowest BCUT2D eigenvalue weighted by molar-refractivity contribution is 0.145. The Balaban J connectivity index is 1.36. The Morgan fingerprint density at radius 3 is 2.62 bits per heavy atom. The first-order chi connectivity index (χ1) is 14.0. The van der Waals surface area contributed by atoms with E-state index < -0.39 is 0 Å². The van der Waals surface area contributed by atoms with E-state index in [-0.39, 0.29) is 0 Å². The van der Waals surface area contributed by atoms with Gasteiger partial charge in [-0.1, -0.05) is 11.6 Å². The van der Waals surface area contributed by atoms with Crippen molar-refractivity contribution in [1.82, 2.24) is 19.8 Å². The third-order valence-electron chi connectivity index (χ3n) is 5.68. The quantitative estimate of drug-likeness (QED) is 0.605. The van der Waals surface area contributed by atoms with Crippen LogP contribution < -0.4 is 4.74 Å². The molecule has 0 saturated carbocycles. The van der Waals surface area contributed by atoms with Gasteiger partial charge in [-0.05, 0) is 68.8 Å². The number of imidazole rings is 1. The second kappa shape index (κ2) is 8.74. The van der Waals surface area contributed by atoms with Gasteiger partial charge in [0.15, 0.2) is 0 Å². The number of rotatable bonds is 6. The SMILES string of the molecule is Cc1cc2[nH]c(-c3ccc(OCCCN4CCN(C)CC4)c(C)c3)nc2cc1Cl. The molecule has 0 aliphatic carbocycles. The Morgan fingerprint density at radius 1 is 1.07 bits per heavy atom. The number of hydrogen-bond donors (Lipinski definition) is 1. The number of halogens is 1. The van der Waals surface area contributed by atoms with Gasteiger partial charge in [0.1, 0.15) is 11.6 Å². The molecule has 0 spiro atoms. The Bertz CT molecular complexity index is 953. The summed E-state index contributed by atoms with van der Waals surface area (Å²) in [5.74, 6) is 1.80. The maximum absolute atomic E-state index is 6.23. The van der Waals surface area contributed by atoms with Crippen LogP contribution in [0.25, 0.3) is 22.4 Å². The Hall–Kier alpha value is -2.08. The van der Waals surface area contributed by atoms with Gasteiger partial charge in [-0.15, -0.1) is 0 Å². The predicted octanol–water partition coefficient (Wildman–Crippen LogP) is 4.52. The van der Waals surface area contributed by atoms with Crippen LogP contribution in [0.4, 0.5) is 0 Å². The van der Waals surface area contributed by atoms with Crippen molar-refractivity contribution < 1.29 is 4.74 Å². The molecule has 0 bridgehead atoms. The van der Waals surface area contributed by atoms with E-state index in [1.807, 2.05) is 25.1 Å². The number of benzene rings is 2. The zero-order valence-corrected chi connectivity index (χ0v) is 18.2. The van der Waals surface area contributed by atoms with Crippen LogP contribution in [0.15, 0.2) is 30.3 Å². The number of piperazine rings is 1. The molecule has 5 nitrogen and oxygen atoms in total. The molecule has 4 rings (SSSR count). The molecule has 29 heavy (non-hydrogen) atoms. The van der Waals surface area contributed by atoms with Gasteiger partial charge in [-0.3, -0.25) is 0 Å². The number of fused-ring (bicyclic) bond motifs is 1. The number of nitrogens with zero attached hydrogens (tertiary/aromatic N) is 3. The summed E-state index contributed by atoms with van der Waals surface area (Å²) in [7, 11) is 2.19. The minimum atomic E-state index is 0.743. The van der Waals surface area contributed by atoms with Crippen molar-refractivity contribution in [2.45, 2.75) is 20.3 Å². The number of aromatic amines is 1. The minimum Gasteiger partial charge on any atom is -0.493 e. The third kappa shape index (κ3) is 4.74.